The number of carboxylic acid groups (broad SMARTS) is 1. The van der Waals surface area contributed by atoms with E-state index in [1.54, 1.807) is 17.9 Å². The molecule has 0 radical (unpaired) electrons. The Bertz CT molecular complexity index is 880. The summed E-state index contributed by atoms with van der Waals surface area (Å²) in [6, 6.07) is 4.30. The zero-order valence-electron chi connectivity index (χ0n) is 18.0. The quantitative estimate of drug-likeness (QED) is 0.690. The topological polar surface area (TPSA) is 90.0 Å². The van der Waals surface area contributed by atoms with Gasteiger partial charge in [-0.2, -0.15) is 0 Å². The second-order valence-electron chi connectivity index (χ2n) is 8.55. The largest absolute Gasteiger partial charge is 0.465 e. The summed E-state index contributed by atoms with van der Waals surface area (Å²) >= 11 is 5.84. The molecule has 2 heterocycles. The number of Topliss-reactive ketones (excluding diaryl/α,β-unsaturated/α-hetero) is 1. The fourth-order valence-corrected chi connectivity index (χ4v) is 5.14. The number of likely N-dealkylation sites (tertiary alicyclic amines) is 1. The Morgan fingerprint density at radius 3 is 2.71 bits per heavy atom. The van der Waals surface area contributed by atoms with Gasteiger partial charge in [0.2, 0.25) is 5.91 Å². The first kappa shape index (κ1) is 23.5. The van der Waals surface area contributed by atoms with Crippen LogP contribution < -0.4 is 5.32 Å². The van der Waals surface area contributed by atoms with E-state index in [1.807, 2.05) is 13.8 Å². The van der Waals surface area contributed by atoms with E-state index in [0.717, 1.165) is 0 Å². The minimum Gasteiger partial charge on any atom is -0.465 e. The van der Waals surface area contributed by atoms with Gasteiger partial charge < -0.3 is 15.3 Å². The van der Waals surface area contributed by atoms with Crippen molar-refractivity contribution in [1.29, 1.82) is 0 Å². The lowest BCUT2D eigenvalue weighted by atomic mass is 9.72. The molecule has 2 aliphatic heterocycles. The lowest BCUT2D eigenvalue weighted by Crippen LogP contribution is -2.64. The third-order valence-electron chi connectivity index (χ3n) is 6.56. The van der Waals surface area contributed by atoms with Gasteiger partial charge in [0, 0.05) is 50.5 Å². The molecular weight excluding hydrogens is 425 g/mol. The van der Waals surface area contributed by atoms with Crippen molar-refractivity contribution >= 4 is 29.4 Å². The maximum Gasteiger partial charge on any atom is 0.408 e. The number of rotatable bonds is 6. The van der Waals surface area contributed by atoms with E-state index in [4.69, 9.17) is 11.6 Å². The fourth-order valence-electron chi connectivity index (χ4n) is 5.02. The molecule has 2 N–H and O–H groups in total. The van der Waals surface area contributed by atoms with Gasteiger partial charge in [-0.05, 0) is 44.9 Å². The smallest absolute Gasteiger partial charge is 0.408 e. The van der Waals surface area contributed by atoms with E-state index in [9.17, 15) is 23.9 Å². The number of nitrogens with one attached hydrogen (secondary N) is 1. The lowest BCUT2D eigenvalue weighted by Gasteiger charge is -2.45. The molecule has 1 aromatic rings. The van der Waals surface area contributed by atoms with Crippen LogP contribution in [0.4, 0.5) is 9.18 Å². The van der Waals surface area contributed by atoms with Crippen molar-refractivity contribution in [2.75, 3.05) is 26.2 Å². The second-order valence-corrected chi connectivity index (χ2v) is 8.96. The summed E-state index contributed by atoms with van der Waals surface area (Å²) in [7, 11) is 0. The summed E-state index contributed by atoms with van der Waals surface area (Å²) in [4.78, 5) is 41.4. The Kier molecular flexibility index (Phi) is 6.91. The number of nitrogens with zero attached hydrogens (tertiary/aromatic N) is 2. The first-order chi connectivity index (χ1) is 14.6. The number of carbonyl (C=O) groups excluding carboxylic acids is 2. The molecule has 3 atom stereocenters. The van der Waals surface area contributed by atoms with E-state index in [2.05, 4.69) is 5.32 Å². The number of piperidine rings is 1. The Labute approximate surface area is 186 Å². The zero-order chi connectivity index (χ0) is 22.9. The summed E-state index contributed by atoms with van der Waals surface area (Å²) in [5.74, 6) is -1.90. The van der Waals surface area contributed by atoms with Crippen molar-refractivity contribution < 1.29 is 23.9 Å². The molecule has 1 aromatic carbocycles. The molecule has 0 aromatic heterocycles. The standard InChI is InChI=1S/C22H29ClFN3O4/c1-4-27(21(30)31)22(20(29)15-6-8-19(28)26(11-15)13(2)3)12-25-10-16(22)14-5-7-17(23)18(24)9-14/h5,7,9,13,15-16,25H,4,6,8,10-12H2,1-3H3,(H,30,31)/t15?,16-,22+/m0/s1. The van der Waals surface area contributed by atoms with Crippen LogP contribution in [-0.4, -0.2) is 70.4 Å². The molecule has 9 heteroatoms. The van der Waals surface area contributed by atoms with E-state index in [0.29, 0.717) is 18.5 Å². The molecule has 2 aliphatic rings. The third-order valence-corrected chi connectivity index (χ3v) is 6.87. The van der Waals surface area contributed by atoms with Gasteiger partial charge >= 0.3 is 6.09 Å². The molecule has 2 fully saturated rings. The normalized spacial score (nSPS) is 26.4. The number of likely N-dealkylation sites (N-methyl/N-ethyl adjacent to an activating group) is 1. The Balaban J connectivity index is 2.06. The highest BCUT2D eigenvalue weighted by atomic mass is 35.5. The van der Waals surface area contributed by atoms with Crippen molar-refractivity contribution in [1.82, 2.24) is 15.1 Å². The van der Waals surface area contributed by atoms with E-state index >= 15 is 0 Å². The van der Waals surface area contributed by atoms with Crippen molar-refractivity contribution in [3.63, 3.8) is 0 Å². The lowest BCUT2D eigenvalue weighted by molar-refractivity contribution is -0.143. The van der Waals surface area contributed by atoms with Gasteiger partial charge in [-0.15, -0.1) is 0 Å². The van der Waals surface area contributed by atoms with Gasteiger partial charge in [0.05, 0.1) is 5.02 Å². The molecular formula is C22H29ClFN3O4. The number of ketones is 1. The van der Waals surface area contributed by atoms with Gasteiger partial charge in [-0.3, -0.25) is 14.5 Å². The summed E-state index contributed by atoms with van der Waals surface area (Å²) in [6.45, 7) is 6.30. The minimum atomic E-state index is -1.39. The minimum absolute atomic E-state index is 0.000415. The second kappa shape index (κ2) is 9.12. The molecule has 0 saturated carbocycles. The molecule has 0 aliphatic carbocycles. The molecule has 1 unspecified atom stereocenters. The van der Waals surface area contributed by atoms with Crippen LogP contribution in [0.1, 0.15) is 45.1 Å². The average Bonchev–Trinajstić information content (AvgIpc) is 3.15. The van der Waals surface area contributed by atoms with Crippen molar-refractivity contribution in [2.45, 2.75) is 51.1 Å². The van der Waals surface area contributed by atoms with Crippen LogP contribution in [-0.2, 0) is 9.59 Å². The Morgan fingerprint density at radius 1 is 1.42 bits per heavy atom. The molecule has 31 heavy (non-hydrogen) atoms. The van der Waals surface area contributed by atoms with E-state index in [1.165, 1.54) is 17.0 Å². The monoisotopic (exact) mass is 453 g/mol. The van der Waals surface area contributed by atoms with Gasteiger partial charge in [0.1, 0.15) is 11.4 Å². The molecule has 0 bridgehead atoms. The molecule has 7 nitrogen and oxygen atoms in total. The molecule has 170 valence electrons. The van der Waals surface area contributed by atoms with E-state index < -0.39 is 29.3 Å². The highest BCUT2D eigenvalue weighted by Crippen LogP contribution is 2.41. The Morgan fingerprint density at radius 2 is 2.13 bits per heavy atom. The van der Waals surface area contributed by atoms with Crippen LogP contribution in [0.15, 0.2) is 18.2 Å². The van der Waals surface area contributed by atoms with Crippen LogP contribution in [0, 0.1) is 11.7 Å². The fraction of sp³-hybridized carbons (Fsp3) is 0.591. The maximum atomic E-state index is 14.3. The number of halogens is 2. The SMILES string of the molecule is CCN(C(=O)O)[C@]1(C(=O)C2CCC(=O)N(C(C)C)C2)CNC[C@H]1c1ccc(Cl)c(F)c1. The van der Waals surface area contributed by atoms with Gasteiger partial charge in [-0.1, -0.05) is 17.7 Å². The molecule has 0 spiro atoms. The molecule has 2 amide bonds. The summed E-state index contributed by atoms with van der Waals surface area (Å²) < 4.78 is 14.3. The zero-order valence-corrected chi connectivity index (χ0v) is 18.8. The highest BCUT2D eigenvalue weighted by Gasteiger charge is 2.57. The van der Waals surface area contributed by atoms with Crippen LogP contribution in [0.2, 0.25) is 5.02 Å². The predicted molar refractivity (Wildman–Crippen MR) is 115 cm³/mol. The van der Waals surface area contributed by atoms with Crippen LogP contribution in [0.5, 0.6) is 0 Å². The third kappa shape index (κ3) is 4.15. The predicted octanol–water partition coefficient (Wildman–Crippen LogP) is 3.12. The number of hydrogen-bond acceptors (Lipinski definition) is 4. The van der Waals surface area contributed by atoms with Crippen molar-refractivity contribution in [3.05, 3.63) is 34.6 Å². The summed E-state index contributed by atoms with van der Waals surface area (Å²) in [5, 5.41) is 13.1. The first-order valence-electron chi connectivity index (χ1n) is 10.6. The number of hydrogen-bond donors (Lipinski definition) is 2. The van der Waals surface area contributed by atoms with Gasteiger partial charge in [0.25, 0.3) is 0 Å². The summed E-state index contributed by atoms with van der Waals surface area (Å²) in [6.07, 6.45) is -0.578. The van der Waals surface area contributed by atoms with Crippen LogP contribution >= 0.6 is 11.6 Å². The van der Waals surface area contributed by atoms with Crippen molar-refractivity contribution in [2.24, 2.45) is 5.92 Å². The van der Waals surface area contributed by atoms with Crippen molar-refractivity contribution in [3.8, 4) is 0 Å². The summed E-state index contributed by atoms with van der Waals surface area (Å²) in [5.41, 5.74) is -0.873. The van der Waals surface area contributed by atoms with E-state index in [-0.39, 0.29) is 48.8 Å². The first-order valence-corrected chi connectivity index (χ1v) is 11.0. The number of amides is 2. The highest BCUT2D eigenvalue weighted by molar-refractivity contribution is 6.30. The molecule has 2 saturated heterocycles. The van der Waals surface area contributed by atoms with Crippen LogP contribution in [0.25, 0.3) is 0 Å². The molecule has 3 rings (SSSR count). The number of carbonyl (C=O) groups is 3. The number of benzene rings is 1. The van der Waals surface area contributed by atoms with Crippen LogP contribution in [0.3, 0.4) is 0 Å². The van der Waals surface area contributed by atoms with Gasteiger partial charge in [-0.25, -0.2) is 9.18 Å². The Hall–Kier alpha value is -2.19. The van der Waals surface area contributed by atoms with Gasteiger partial charge in [0.15, 0.2) is 5.78 Å². The average molecular weight is 454 g/mol. The maximum absolute atomic E-state index is 14.3.